The van der Waals surface area contributed by atoms with Gasteiger partial charge in [-0.25, -0.2) is 4.98 Å². The molecule has 1 aromatic rings. The zero-order chi connectivity index (χ0) is 15.0. The predicted molar refractivity (Wildman–Crippen MR) is 79.3 cm³/mol. The fraction of sp³-hybridized carbons (Fsp3) is 0.615. The molecule has 7 nitrogen and oxygen atoms in total. The van der Waals surface area contributed by atoms with Gasteiger partial charge in [-0.05, 0) is 19.8 Å². The van der Waals surface area contributed by atoms with Gasteiger partial charge in [0, 0.05) is 26.2 Å². The van der Waals surface area contributed by atoms with Crippen LogP contribution in [0, 0.1) is 10.1 Å². The van der Waals surface area contributed by atoms with E-state index in [1.807, 2.05) is 18.7 Å². The Morgan fingerprint density at radius 2 is 2.20 bits per heavy atom. The molecule has 0 bridgehead atoms. The molecular formula is C13H22N4O3. The molecule has 0 atom stereocenters. The Hall–Kier alpha value is -1.89. The molecule has 0 aliphatic rings. The Bertz CT molecular complexity index is 440. The van der Waals surface area contributed by atoms with Gasteiger partial charge >= 0.3 is 0 Å². The first-order valence-corrected chi connectivity index (χ1v) is 6.88. The molecule has 0 aliphatic heterocycles. The Morgan fingerprint density at radius 3 is 2.75 bits per heavy atom. The van der Waals surface area contributed by atoms with Gasteiger partial charge in [0.15, 0.2) is 0 Å². The fourth-order valence-corrected chi connectivity index (χ4v) is 1.81. The second-order valence-corrected chi connectivity index (χ2v) is 4.41. The number of aliphatic hydroxyl groups excluding tert-OH is 1. The van der Waals surface area contributed by atoms with Crippen LogP contribution in [0.5, 0.6) is 0 Å². The maximum absolute atomic E-state index is 11.0. The van der Waals surface area contributed by atoms with Crippen molar-refractivity contribution in [2.45, 2.75) is 26.7 Å². The predicted octanol–water partition coefficient (Wildman–Crippen LogP) is 2.02. The second kappa shape index (κ2) is 8.31. The summed E-state index contributed by atoms with van der Waals surface area (Å²) in [6, 6.07) is 2.91. The molecule has 0 unspecified atom stereocenters. The summed E-state index contributed by atoms with van der Waals surface area (Å²) >= 11 is 0. The lowest BCUT2D eigenvalue weighted by molar-refractivity contribution is -0.384. The van der Waals surface area contributed by atoms with E-state index in [0.717, 1.165) is 13.0 Å². The van der Waals surface area contributed by atoms with Crippen LogP contribution in [0.1, 0.15) is 26.7 Å². The number of rotatable bonds is 9. The summed E-state index contributed by atoms with van der Waals surface area (Å²) < 4.78 is 0. The first-order chi connectivity index (χ1) is 9.62. The molecule has 2 N–H and O–H groups in total. The number of nitrogens with one attached hydrogen (secondary N) is 1. The van der Waals surface area contributed by atoms with Gasteiger partial charge in [-0.15, -0.1) is 0 Å². The van der Waals surface area contributed by atoms with Crippen molar-refractivity contribution in [3.05, 3.63) is 22.2 Å². The summed E-state index contributed by atoms with van der Waals surface area (Å²) in [4.78, 5) is 16.9. The van der Waals surface area contributed by atoms with E-state index in [9.17, 15) is 10.1 Å². The van der Waals surface area contributed by atoms with Crippen LogP contribution in [0.15, 0.2) is 12.1 Å². The van der Waals surface area contributed by atoms with Crippen molar-refractivity contribution in [3.8, 4) is 0 Å². The fourth-order valence-electron chi connectivity index (χ4n) is 1.81. The van der Waals surface area contributed by atoms with Crippen molar-refractivity contribution < 1.29 is 10.0 Å². The Balaban J connectivity index is 3.02. The number of nitro groups is 1. The van der Waals surface area contributed by atoms with Gasteiger partial charge in [0.25, 0.3) is 5.69 Å². The molecule has 0 saturated heterocycles. The highest BCUT2D eigenvalue weighted by molar-refractivity contribution is 5.55. The third-order valence-electron chi connectivity index (χ3n) is 2.86. The van der Waals surface area contributed by atoms with Crippen LogP contribution >= 0.6 is 0 Å². The molecule has 1 heterocycles. The van der Waals surface area contributed by atoms with Crippen LogP contribution in [-0.2, 0) is 0 Å². The average Bonchev–Trinajstić information content (AvgIpc) is 2.45. The van der Waals surface area contributed by atoms with E-state index in [2.05, 4.69) is 10.3 Å². The van der Waals surface area contributed by atoms with Crippen molar-refractivity contribution in [3.63, 3.8) is 0 Å². The van der Waals surface area contributed by atoms with Crippen LogP contribution in [0.25, 0.3) is 0 Å². The Morgan fingerprint density at radius 1 is 1.45 bits per heavy atom. The molecule has 0 fully saturated rings. The van der Waals surface area contributed by atoms with Crippen molar-refractivity contribution in [1.29, 1.82) is 0 Å². The minimum atomic E-state index is -0.414. The van der Waals surface area contributed by atoms with E-state index in [1.165, 1.54) is 12.1 Å². The third-order valence-corrected chi connectivity index (χ3v) is 2.86. The SMILES string of the molecule is CCCNc1cc([N+](=O)[O-])cc(N(CC)CCCO)n1. The molecule has 112 valence electrons. The maximum Gasteiger partial charge on any atom is 0.276 e. The molecule has 0 saturated carbocycles. The molecule has 1 aromatic heterocycles. The van der Waals surface area contributed by atoms with Crippen LogP contribution in [0.3, 0.4) is 0 Å². The van der Waals surface area contributed by atoms with Gasteiger partial charge in [-0.3, -0.25) is 10.1 Å². The highest BCUT2D eigenvalue weighted by Gasteiger charge is 2.14. The Labute approximate surface area is 118 Å². The summed E-state index contributed by atoms with van der Waals surface area (Å²) in [5, 5.41) is 23.0. The number of pyridine rings is 1. The van der Waals surface area contributed by atoms with Crippen molar-refractivity contribution in [2.75, 3.05) is 36.5 Å². The third kappa shape index (κ3) is 4.65. The molecule has 0 spiro atoms. The number of hydrogen-bond acceptors (Lipinski definition) is 6. The Kier molecular flexibility index (Phi) is 6.72. The number of hydrogen-bond donors (Lipinski definition) is 2. The lowest BCUT2D eigenvalue weighted by Gasteiger charge is -2.22. The molecular weight excluding hydrogens is 260 g/mol. The summed E-state index contributed by atoms with van der Waals surface area (Å²) in [5.74, 6) is 1.08. The van der Waals surface area contributed by atoms with Gasteiger partial charge in [-0.2, -0.15) is 0 Å². The molecule has 0 aromatic carbocycles. The lowest BCUT2D eigenvalue weighted by atomic mass is 10.3. The zero-order valence-corrected chi connectivity index (χ0v) is 12.0. The highest BCUT2D eigenvalue weighted by Crippen LogP contribution is 2.23. The summed E-state index contributed by atoms with van der Waals surface area (Å²) in [6.07, 6.45) is 1.53. The number of nitrogens with zero attached hydrogens (tertiary/aromatic N) is 3. The summed E-state index contributed by atoms with van der Waals surface area (Å²) in [6.45, 7) is 6.08. The van der Waals surface area contributed by atoms with Crippen LogP contribution < -0.4 is 10.2 Å². The number of aromatic nitrogens is 1. The minimum absolute atomic E-state index is 0.0241. The monoisotopic (exact) mass is 282 g/mol. The van der Waals surface area contributed by atoms with E-state index in [4.69, 9.17) is 5.11 Å². The average molecular weight is 282 g/mol. The lowest BCUT2D eigenvalue weighted by Crippen LogP contribution is -2.26. The number of aliphatic hydroxyl groups is 1. The van der Waals surface area contributed by atoms with Crippen LogP contribution in [-0.4, -0.2) is 41.3 Å². The highest BCUT2D eigenvalue weighted by atomic mass is 16.6. The molecule has 20 heavy (non-hydrogen) atoms. The largest absolute Gasteiger partial charge is 0.396 e. The standard InChI is InChI=1S/C13H22N4O3/c1-3-6-14-12-9-11(17(19)20)10-13(15-12)16(4-2)7-5-8-18/h9-10,18H,3-8H2,1-2H3,(H,14,15). The van der Waals surface area contributed by atoms with E-state index in [-0.39, 0.29) is 12.3 Å². The smallest absolute Gasteiger partial charge is 0.276 e. The molecule has 1 rings (SSSR count). The van der Waals surface area contributed by atoms with E-state index >= 15 is 0 Å². The first-order valence-electron chi connectivity index (χ1n) is 6.88. The summed E-state index contributed by atoms with van der Waals surface area (Å²) in [5.41, 5.74) is 0.0241. The normalized spacial score (nSPS) is 10.3. The van der Waals surface area contributed by atoms with Crippen molar-refractivity contribution in [2.24, 2.45) is 0 Å². The summed E-state index contributed by atoms with van der Waals surface area (Å²) in [7, 11) is 0. The van der Waals surface area contributed by atoms with Gasteiger partial charge in [0.1, 0.15) is 11.6 Å². The van der Waals surface area contributed by atoms with Crippen molar-refractivity contribution >= 4 is 17.3 Å². The topological polar surface area (TPSA) is 91.5 Å². The number of anilines is 2. The van der Waals surface area contributed by atoms with E-state index < -0.39 is 4.92 Å². The van der Waals surface area contributed by atoms with Gasteiger partial charge in [-0.1, -0.05) is 6.92 Å². The van der Waals surface area contributed by atoms with Gasteiger partial charge in [0.05, 0.1) is 17.1 Å². The van der Waals surface area contributed by atoms with Crippen molar-refractivity contribution in [1.82, 2.24) is 4.98 Å². The molecule has 0 radical (unpaired) electrons. The second-order valence-electron chi connectivity index (χ2n) is 4.41. The van der Waals surface area contributed by atoms with Gasteiger partial charge < -0.3 is 15.3 Å². The van der Waals surface area contributed by atoms with E-state index in [0.29, 0.717) is 31.1 Å². The van der Waals surface area contributed by atoms with E-state index in [1.54, 1.807) is 0 Å². The van der Waals surface area contributed by atoms with Crippen LogP contribution in [0.2, 0.25) is 0 Å². The van der Waals surface area contributed by atoms with Crippen LogP contribution in [0.4, 0.5) is 17.3 Å². The van der Waals surface area contributed by atoms with Gasteiger partial charge in [0.2, 0.25) is 0 Å². The zero-order valence-electron chi connectivity index (χ0n) is 12.0. The molecule has 0 amide bonds. The maximum atomic E-state index is 11.0. The molecule has 7 heteroatoms. The molecule has 0 aliphatic carbocycles. The quantitative estimate of drug-likeness (QED) is 0.532. The first kappa shape index (κ1) is 16.2. The minimum Gasteiger partial charge on any atom is -0.396 e.